The number of hydrogen-bond acceptors (Lipinski definition) is 5. The number of anilines is 1. The maximum absolute atomic E-state index is 12.2. The van der Waals surface area contributed by atoms with Crippen molar-refractivity contribution in [1.82, 2.24) is 19.7 Å². The monoisotopic (exact) mass is 366 g/mol. The van der Waals surface area contributed by atoms with Gasteiger partial charge >= 0.3 is 0 Å². The molecule has 7 nitrogen and oxygen atoms in total. The Hall–Kier alpha value is -3.19. The van der Waals surface area contributed by atoms with Gasteiger partial charge in [0.1, 0.15) is 6.04 Å². The van der Waals surface area contributed by atoms with Crippen molar-refractivity contribution in [1.29, 1.82) is 0 Å². The zero-order valence-electron chi connectivity index (χ0n) is 13.8. The Morgan fingerprint density at radius 1 is 1.27 bits per heavy atom. The summed E-state index contributed by atoms with van der Waals surface area (Å²) in [4.78, 5) is 20.8. The highest BCUT2D eigenvalue weighted by molar-refractivity contribution is 6.31. The minimum Gasteiger partial charge on any atom is -0.366 e. The Morgan fingerprint density at radius 3 is 2.77 bits per heavy atom. The number of allylic oxidation sites excluding steroid dienone is 1. The number of fused-ring (bicyclic) bond motifs is 1. The number of aromatic nitrogens is 4. The molecule has 1 atom stereocenters. The smallest absolute Gasteiger partial charge is 0.248 e. The quantitative estimate of drug-likeness (QED) is 0.742. The molecular weight excluding hydrogens is 352 g/mol. The highest BCUT2D eigenvalue weighted by Crippen LogP contribution is 2.38. The summed E-state index contributed by atoms with van der Waals surface area (Å²) in [5, 5.41) is 8.22. The van der Waals surface area contributed by atoms with E-state index in [0.29, 0.717) is 28.1 Å². The molecule has 1 aromatic carbocycles. The summed E-state index contributed by atoms with van der Waals surface area (Å²) in [5.74, 6) is 0.469. The Balaban J connectivity index is 1.92. The molecule has 3 heterocycles. The number of rotatable bonds is 3. The molecule has 0 saturated carbocycles. The molecule has 0 spiro atoms. The summed E-state index contributed by atoms with van der Waals surface area (Å²) in [6.07, 6.45) is 3.36. The van der Waals surface area contributed by atoms with Gasteiger partial charge in [0.15, 0.2) is 5.82 Å². The van der Waals surface area contributed by atoms with Crippen molar-refractivity contribution >= 4 is 23.5 Å². The standard InChI is InChI=1S/C18H15ClN6O/c1-10-14(16(20)26)15(12-6-2-3-7-13(12)19)25-18(22-10)23-17(24-25)11-5-4-8-21-9-11/h2-9,15H,1H3,(H2,20,26)(H,22,23,24)/t15-/m1/s1. The lowest BCUT2D eigenvalue weighted by Crippen LogP contribution is -2.32. The van der Waals surface area contributed by atoms with Crippen LogP contribution in [0, 0.1) is 0 Å². The number of benzene rings is 1. The Bertz CT molecular complexity index is 1030. The summed E-state index contributed by atoms with van der Waals surface area (Å²) in [6.45, 7) is 1.78. The van der Waals surface area contributed by atoms with E-state index in [1.807, 2.05) is 30.3 Å². The van der Waals surface area contributed by atoms with Gasteiger partial charge in [-0.3, -0.25) is 9.78 Å². The van der Waals surface area contributed by atoms with Gasteiger partial charge in [-0.25, -0.2) is 4.68 Å². The zero-order chi connectivity index (χ0) is 18.3. The first kappa shape index (κ1) is 16.3. The van der Waals surface area contributed by atoms with Crippen LogP contribution in [-0.2, 0) is 4.79 Å². The molecule has 0 saturated heterocycles. The van der Waals surface area contributed by atoms with Crippen LogP contribution < -0.4 is 11.1 Å². The van der Waals surface area contributed by atoms with Gasteiger partial charge in [-0.15, -0.1) is 5.10 Å². The molecule has 4 rings (SSSR count). The normalized spacial score (nSPS) is 16.2. The van der Waals surface area contributed by atoms with E-state index in [9.17, 15) is 4.79 Å². The van der Waals surface area contributed by atoms with Crippen LogP contribution in [0.15, 0.2) is 60.1 Å². The first-order valence-corrected chi connectivity index (χ1v) is 8.33. The number of pyridine rings is 1. The van der Waals surface area contributed by atoms with Crippen LogP contribution in [-0.4, -0.2) is 25.7 Å². The average molecular weight is 367 g/mol. The predicted octanol–water partition coefficient (Wildman–Crippen LogP) is 2.77. The van der Waals surface area contributed by atoms with E-state index in [4.69, 9.17) is 17.3 Å². The molecule has 8 heteroatoms. The molecule has 1 amide bonds. The summed E-state index contributed by atoms with van der Waals surface area (Å²) in [6, 6.07) is 10.4. The van der Waals surface area contributed by atoms with Crippen LogP contribution in [0.3, 0.4) is 0 Å². The minimum absolute atomic E-state index is 0.397. The fraction of sp³-hybridized carbons (Fsp3) is 0.111. The van der Waals surface area contributed by atoms with Crippen molar-refractivity contribution in [3.8, 4) is 11.4 Å². The summed E-state index contributed by atoms with van der Waals surface area (Å²) in [7, 11) is 0. The van der Waals surface area contributed by atoms with Gasteiger partial charge in [-0.1, -0.05) is 29.8 Å². The van der Waals surface area contributed by atoms with E-state index >= 15 is 0 Å². The molecule has 1 aliphatic rings. The first-order valence-electron chi connectivity index (χ1n) is 7.95. The summed E-state index contributed by atoms with van der Waals surface area (Å²) < 4.78 is 1.64. The second-order valence-electron chi connectivity index (χ2n) is 5.90. The third-order valence-electron chi connectivity index (χ3n) is 4.24. The SMILES string of the molecule is CC1=C(C(N)=O)[C@@H](c2ccccc2Cl)n2nc(-c3cccnc3)nc2N1. The molecule has 0 aliphatic carbocycles. The first-order chi connectivity index (χ1) is 12.6. The minimum atomic E-state index is -0.560. The number of amides is 1. The van der Waals surface area contributed by atoms with Crippen molar-refractivity contribution < 1.29 is 4.79 Å². The number of carbonyl (C=O) groups is 1. The summed E-state index contributed by atoms with van der Waals surface area (Å²) >= 11 is 6.40. The van der Waals surface area contributed by atoms with E-state index in [0.717, 1.165) is 11.1 Å². The molecule has 2 aromatic heterocycles. The molecule has 0 unspecified atom stereocenters. The molecule has 0 radical (unpaired) electrons. The number of carbonyl (C=O) groups excluding carboxylic acids is 1. The lowest BCUT2D eigenvalue weighted by atomic mass is 9.95. The predicted molar refractivity (Wildman–Crippen MR) is 98.4 cm³/mol. The van der Waals surface area contributed by atoms with Crippen LogP contribution >= 0.6 is 11.6 Å². The van der Waals surface area contributed by atoms with Crippen LogP contribution in [0.2, 0.25) is 5.02 Å². The van der Waals surface area contributed by atoms with Gasteiger partial charge in [0, 0.05) is 34.2 Å². The molecule has 0 bridgehead atoms. The Labute approximate surface area is 154 Å². The highest BCUT2D eigenvalue weighted by Gasteiger charge is 2.34. The molecule has 3 N–H and O–H groups in total. The largest absolute Gasteiger partial charge is 0.366 e. The fourth-order valence-electron chi connectivity index (χ4n) is 3.07. The number of halogens is 1. The molecule has 3 aromatic rings. The van der Waals surface area contributed by atoms with E-state index in [1.165, 1.54) is 0 Å². The molecule has 1 aliphatic heterocycles. The average Bonchev–Trinajstić information content (AvgIpc) is 3.05. The van der Waals surface area contributed by atoms with Crippen LogP contribution in [0.5, 0.6) is 0 Å². The van der Waals surface area contributed by atoms with Crippen molar-refractivity contribution in [3.05, 3.63) is 70.6 Å². The van der Waals surface area contributed by atoms with Crippen molar-refractivity contribution in [2.75, 3.05) is 5.32 Å². The van der Waals surface area contributed by atoms with Gasteiger partial charge in [0.2, 0.25) is 11.9 Å². The third-order valence-corrected chi connectivity index (χ3v) is 4.58. The summed E-state index contributed by atoms with van der Waals surface area (Å²) in [5.41, 5.74) is 8.18. The van der Waals surface area contributed by atoms with E-state index in [1.54, 1.807) is 30.1 Å². The van der Waals surface area contributed by atoms with Gasteiger partial charge < -0.3 is 11.1 Å². The highest BCUT2D eigenvalue weighted by atomic mass is 35.5. The van der Waals surface area contributed by atoms with Crippen LogP contribution in [0.1, 0.15) is 18.5 Å². The van der Waals surface area contributed by atoms with Crippen molar-refractivity contribution in [3.63, 3.8) is 0 Å². The topological polar surface area (TPSA) is 98.7 Å². The fourth-order valence-corrected chi connectivity index (χ4v) is 3.31. The van der Waals surface area contributed by atoms with Gasteiger partial charge in [-0.2, -0.15) is 4.98 Å². The Morgan fingerprint density at radius 2 is 2.08 bits per heavy atom. The van der Waals surface area contributed by atoms with E-state index in [-0.39, 0.29) is 0 Å². The van der Waals surface area contributed by atoms with E-state index < -0.39 is 11.9 Å². The number of hydrogen-bond donors (Lipinski definition) is 2. The number of nitrogens with zero attached hydrogens (tertiary/aromatic N) is 4. The number of nitrogens with two attached hydrogens (primary N) is 1. The van der Waals surface area contributed by atoms with Crippen LogP contribution in [0.4, 0.5) is 5.95 Å². The van der Waals surface area contributed by atoms with Gasteiger partial charge in [0.25, 0.3) is 0 Å². The molecule has 0 fully saturated rings. The molecule has 130 valence electrons. The maximum Gasteiger partial charge on any atom is 0.248 e. The van der Waals surface area contributed by atoms with Gasteiger partial charge in [0.05, 0.1) is 5.57 Å². The third kappa shape index (κ3) is 2.62. The van der Waals surface area contributed by atoms with Crippen LogP contribution in [0.25, 0.3) is 11.4 Å². The molecule has 26 heavy (non-hydrogen) atoms. The number of primary amides is 1. The number of nitrogens with one attached hydrogen (secondary N) is 1. The lowest BCUT2D eigenvalue weighted by Gasteiger charge is -2.28. The maximum atomic E-state index is 12.2. The van der Waals surface area contributed by atoms with Crippen molar-refractivity contribution in [2.45, 2.75) is 13.0 Å². The Kier molecular flexibility index (Phi) is 3.93. The second-order valence-corrected chi connectivity index (χ2v) is 6.30. The zero-order valence-corrected chi connectivity index (χ0v) is 14.6. The second kappa shape index (κ2) is 6.27. The van der Waals surface area contributed by atoms with Gasteiger partial charge in [-0.05, 0) is 25.1 Å². The lowest BCUT2D eigenvalue weighted by molar-refractivity contribution is -0.115. The van der Waals surface area contributed by atoms with E-state index in [2.05, 4.69) is 20.4 Å². The molecular formula is C18H15ClN6O. The van der Waals surface area contributed by atoms with Crippen molar-refractivity contribution in [2.24, 2.45) is 5.73 Å².